The number of nitrogens with two attached hydrogens (primary N) is 1. The van der Waals surface area contributed by atoms with Gasteiger partial charge in [-0.3, -0.25) is 0 Å². The molecule has 4 rings (SSSR count). The lowest BCUT2D eigenvalue weighted by molar-refractivity contribution is -0.0134. The molecule has 3 fully saturated rings. The molecule has 1 aromatic rings. The van der Waals surface area contributed by atoms with Gasteiger partial charge in [0.2, 0.25) is 0 Å². The average Bonchev–Trinajstić information content (AvgIpc) is 3.21. The molecule has 3 heteroatoms. The molecule has 24 heavy (non-hydrogen) atoms. The zero-order chi connectivity index (χ0) is 16.6. The smallest absolute Gasteiger partial charge is 0.0857 e. The second-order valence-corrected chi connectivity index (χ2v) is 7.66. The van der Waals surface area contributed by atoms with E-state index in [9.17, 15) is 0 Å². The SMILES string of the molecule is Cc1cc(C#CC2CC2)ccc1/C(N)=C/NCC12CCC(CO1)C2. The summed E-state index contributed by atoms with van der Waals surface area (Å²) in [4.78, 5) is 0. The Morgan fingerprint density at radius 3 is 2.92 bits per heavy atom. The van der Waals surface area contributed by atoms with E-state index in [4.69, 9.17) is 10.5 Å². The summed E-state index contributed by atoms with van der Waals surface area (Å²) in [5.41, 5.74) is 10.4. The summed E-state index contributed by atoms with van der Waals surface area (Å²) in [6, 6.07) is 6.28. The van der Waals surface area contributed by atoms with Gasteiger partial charge in [0.15, 0.2) is 0 Å². The van der Waals surface area contributed by atoms with Gasteiger partial charge in [-0.25, -0.2) is 0 Å². The molecule has 1 saturated heterocycles. The van der Waals surface area contributed by atoms with Gasteiger partial charge in [0.25, 0.3) is 0 Å². The van der Waals surface area contributed by atoms with Gasteiger partial charge < -0.3 is 15.8 Å². The van der Waals surface area contributed by atoms with Crippen LogP contribution in [0.5, 0.6) is 0 Å². The van der Waals surface area contributed by atoms with Crippen molar-refractivity contribution in [2.75, 3.05) is 13.2 Å². The Morgan fingerprint density at radius 2 is 2.29 bits per heavy atom. The molecule has 1 aliphatic heterocycles. The van der Waals surface area contributed by atoms with E-state index in [1.54, 1.807) is 0 Å². The fourth-order valence-electron chi connectivity index (χ4n) is 3.88. The summed E-state index contributed by atoms with van der Waals surface area (Å²) >= 11 is 0. The van der Waals surface area contributed by atoms with E-state index in [-0.39, 0.29) is 5.60 Å². The Morgan fingerprint density at radius 1 is 1.42 bits per heavy atom. The predicted octanol–water partition coefficient (Wildman–Crippen LogP) is 3.17. The normalized spacial score (nSPS) is 28.5. The average molecular weight is 322 g/mol. The van der Waals surface area contributed by atoms with Gasteiger partial charge in [-0.05, 0) is 62.6 Å². The van der Waals surface area contributed by atoms with Crippen molar-refractivity contribution in [1.29, 1.82) is 0 Å². The van der Waals surface area contributed by atoms with Gasteiger partial charge in [0.1, 0.15) is 0 Å². The van der Waals surface area contributed by atoms with Crippen LogP contribution in [0, 0.1) is 30.6 Å². The number of aryl methyl sites for hydroxylation is 1. The van der Waals surface area contributed by atoms with Gasteiger partial charge in [0, 0.05) is 29.8 Å². The number of rotatable bonds is 4. The lowest BCUT2D eigenvalue weighted by atomic mass is 10.0. The van der Waals surface area contributed by atoms with Crippen molar-refractivity contribution in [2.24, 2.45) is 17.6 Å². The molecule has 3 N–H and O–H groups in total. The lowest BCUT2D eigenvalue weighted by Crippen LogP contribution is -2.37. The number of fused-ring (bicyclic) bond motifs is 2. The number of hydrogen-bond acceptors (Lipinski definition) is 3. The van der Waals surface area contributed by atoms with Gasteiger partial charge in [-0.15, -0.1) is 0 Å². The van der Waals surface area contributed by atoms with Crippen molar-refractivity contribution in [3.05, 3.63) is 41.1 Å². The fraction of sp³-hybridized carbons (Fsp3) is 0.524. The van der Waals surface area contributed by atoms with Crippen molar-refractivity contribution >= 4 is 5.70 Å². The third-order valence-electron chi connectivity index (χ3n) is 5.51. The van der Waals surface area contributed by atoms with Gasteiger partial charge >= 0.3 is 0 Å². The Labute approximate surface area is 144 Å². The minimum Gasteiger partial charge on any atom is -0.397 e. The van der Waals surface area contributed by atoms with E-state index < -0.39 is 0 Å². The quantitative estimate of drug-likeness (QED) is 0.837. The standard InChI is InChI=1S/C21H26N2O/c1-15-10-17(5-4-16-2-3-16)6-7-19(15)20(22)12-23-14-21-9-8-18(11-21)13-24-21/h6-7,10,12,16,18,23H,2-3,8-9,11,13-14,22H2,1H3/b20-12-. The Balaban J connectivity index is 1.40. The fourth-order valence-corrected chi connectivity index (χ4v) is 3.88. The first-order chi connectivity index (χ1) is 11.6. The van der Waals surface area contributed by atoms with Crippen LogP contribution in [-0.2, 0) is 4.74 Å². The summed E-state index contributed by atoms with van der Waals surface area (Å²) in [6.45, 7) is 3.89. The van der Waals surface area contributed by atoms with E-state index >= 15 is 0 Å². The Hall–Kier alpha value is -1.92. The van der Waals surface area contributed by atoms with E-state index in [1.807, 2.05) is 6.20 Å². The zero-order valence-corrected chi connectivity index (χ0v) is 14.4. The minimum absolute atomic E-state index is 0.0543. The first-order valence-electron chi connectivity index (χ1n) is 9.09. The topological polar surface area (TPSA) is 47.3 Å². The first-order valence-corrected chi connectivity index (χ1v) is 9.09. The van der Waals surface area contributed by atoms with E-state index in [2.05, 4.69) is 42.3 Å². The van der Waals surface area contributed by atoms with Crippen LogP contribution in [0.4, 0.5) is 0 Å². The van der Waals surface area contributed by atoms with E-state index in [0.717, 1.165) is 35.9 Å². The molecular weight excluding hydrogens is 296 g/mol. The van der Waals surface area contributed by atoms with Crippen LogP contribution < -0.4 is 11.1 Å². The predicted molar refractivity (Wildman–Crippen MR) is 97.0 cm³/mol. The van der Waals surface area contributed by atoms with Gasteiger partial charge in [0.05, 0.1) is 17.9 Å². The maximum atomic E-state index is 6.28. The van der Waals surface area contributed by atoms with Crippen LogP contribution in [0.3, 0.4) is 0 Å². The number of benzene rings is 1. The van der Waals surface area contributed by atoms with Crippen LogP contribution in [0.25, 0.3) is 5.70 Å². The Bertz CT molecular complexity index is 713. The van der Waals surface area contributed by atoms with Crippen LogP contribution in [0.2, 0.25) is 0 Å². The first kappa shape index (κ1) is 15.6. The summed E-state index contributed by atoms with van der Waals surface area (Å²) in [5, 5.41) is 3.39. The molecule has 126 valence electrons. The molecule has 2 aliphatic carbocycles. The molecule has 2 atom stereocenters. The summed E-state index contributed by atoms with van der Waals surface area (Å²) in [6.07, 6.45) is 8.13. The molecule has 0 amide bonds. The van der Waals surface area contributed by atoms with Crippen molar-refractivity contribution in [2.45, 2.75) is 44.6 Å². The molecule has 0 aromatic heterocycles. The summed E-state index contributed by atoms with van der Waals surface area (Å²) in [7, 11) is 0. The summed E-state index contributed by atoms with van der Waals surface area (Å²) < 4.78 is 5.97. The molecule has 3 aliphatic rings. The zero-order valence-electron chi connectivity index (χ0n) is 14.4. The lowest BCUT2D eigenvalue weighted by Gasteiger charge is -2.26. The van der Waals surface area contributed by atoms with E-state index in [1.165, 1.54) is 37.7 Å². The monoisotopic (exact) mass is 322 g/mol. The molecular formula is C21H26N2O. The van der Waals surface area contributed by atoms with E-state index in [0.29, 0.717) is 5.92 Å². The molecule has 1 aromatic carbocycles. The van der Waals surface area contributed by atoms with Crippen molar-refractivity contribution < 1.29 is 4.74 Å². The molecule has 1 heterocycles. The second kappa shape index (κ2) is 6.18. The maximum absolute atomic E-state index is 6.28. The second-order valence-electron chi connectivity index (χ2n) is 7.66. The largest absolute Gasteiger partial charge is 0.397 e. The number of nitrogens with one attached hydrogen (secondary N) is 1. The minimum atomic E-state index is 0.0543. The van der Waals surface area contributed by atoms with Crippen molar-refractivity contribution in [3.63, 3.8) is 0 Å². The third-order valence-corrected chi connectivity index (χ3v) is 5.51. The summed E-state index contributed by atoms with van der Waals surface area (Å²) in [5.74, 6) is 7.98. The van der Waals surface area contributed by atoms with Gasteiger partial charge in [-0.1, -0.05) is 17.9 Å². The highest BCUT2D eigenvalue weighted by Gasteiger charge is 2.45. The van der Waals surface area contributed by atoms with Crippen molar-refractivity contribution in [3.8, 4) is 11.8 Å². The van der Waals surface area contributed by atoms with Crippen LogP contribution in [0.1, 0.15) is 48.8 Å². The van der Waals surface area contributed by atoms with Crippen LogP contribution >= 0.6 is 0 Å². The number of hydrogen-bond donors (Lipinski definition) is 2. The third kappa shape index (κ3) is 3.30. The molecule has 2 saturated carbocycles. The molecule has 2 unspecified atom stereocenters. The molecule has 0 spiro atoms. The molecule has 0 radical (unpaired) electrons. The Kier molecular flexibility index (Phi) is 4.02. The van der Waals surface area contributed by atoms with Crippen molar-refractivity contribution in [1.82, 2.24) is 5.32 Å². The highest BCUT2D eigenvalue weighted by molar-refractivity contribution is 5.66. The van der Waals surface area contributed by atoms with Crippen LogP contribution in [-0.4, -0.2) is 18.8 Å². The number of ether oxygens (including phenoxy) is 1. The highest BCUT2D eigenvalue weighted by Crippen LogP contribution is 2.43. The molecule has 3 nitrogen and oxygen atoms in total. The highest BCUT2D eigenvalue weighted by atomic mass is 16.5. The van der Waals surface area contributed by atoms with Crippen LogP contribution in [0.15, 0.2) is 24.4 Å². The maximum Gasteiger partial charge on any atom is 0.0857 e. The molecule has 2 bridgehead atoms. The van der Waals surface area contributed by atoms with Gasteiger partial charge in [-0.2, -0.15) is 0 Å².